The van der Waals surface area contributed by atoms with Crippen molar-refractivity contribution in [1.29, 1.82) is 0 Å². The van der Waals surface area contributed by atoms with Crippen molar-refractivity contribution in [2.24, 2.45) is 0 Å². The van der Waals surface area contributed by atoms with E-state index < -0.39 is 0 Å². The van der Waals surface area contributed by atoms with Crippen LogP contribution < -0.4 is 10.9 Å². The van der Waals surface area contributed by atoms with Crippen molar-refractivity contribution in [2.45, 2.75) is 19.3 Å². The molecule has 1 aromatic heterocycles. The lowest BCUT2D eigenvalue weighted by Crippen LogP contribution is -2.36. The van der Waals surface area contributed by atoms with E-state index >= 15 is 0 Å². The Morgan fingerprint density at radius 3 is 2.82 bits per heavy atom. The molecule has 6 heteroatoms. The lowest BCUT2D eigenvalue weighted by Gasteiger charge is -2.26. The Balaban J connectivity index is 1.49. The first-order chi connectivity index (χ1) is 16.1. The molecular formula is C27H32BrN3O2. The van der Waals surface area contributed by atoms with Crippen LogP contribution in [-0.4, -0.2) is 56.3 Å². The van der Waals surface area contributed by atoms with Gasteiger partial charge in [-0.15, -0.1) is 0 Å². The standard InChI is InChI=1S/C27H32BrN3O2/c1-29-19-23(25-18-22-17-24(28)8-9-26(22)30-27(25)32)16-21-7-4-6-20(15-21)5-2-3-10-31-11-13-33-14-12-31/h4,6-9,15-18,29H,2-3,5,10-14,19H2,1H3,(H,30,32)/b23-16+. The fourth-order valence-electron chi connectivity index (χ4n) is 4.36. The number of hydrogen-bond donors (Lipinski definition) is 2. The lowest BCUT2D eigenvalue weighted by molar-refractivity contribution is 0.0372. The third-order valence-electron chi connectivity index (χ3n) is 6.10. The quantitative estimate of drug-likeness (QED) is 0.410. The highest BCUT2D eigenvalue weighted by Crippen LogP contribution is 2.22. The van der Waals surface area contributed by atoms with Crippen molar-refractivity contribution >= 4 is 38.5 Å². The molecular weight excluding hydrogens is 478 g/mol. The number of likely N-dealkylation sites (N-methyl/N-ethyl adjacent to an activating group) is 1. The predicted octanol–water partition coefficient (Wildman–Crippen LogP) is 4.71. The highest BCUT2D eigenvalue weighted by molar-refractivity contribution is 9.10. The van der Waals surface area contributed by atoms with Crippen LogP contribution in [0.2, 0.25) is 0 Å². The summed E-state index contributed by atoms with van der Waals surface area (Å²) in [7, 11) is 1.91. The van der Waals surface area contributed by atoms with Crippen LogP contribution in [0.3, 0.4) is 0 Å². The predicted molar refractivity (Wildman–Crippen MR) is 141 cm³/mol. The molecule has 33 heavy (non-hydrogen) atoms. The Labute approximate surface area is 204 Å². The number of benzene rings is 2. The fourth-order valence-corrected chi connectivity index (χ4v) is 4.74. The Morgan fingerprint density at radius 1 is 1.15 bits per heavy atom. The van der Waals surface area contributed by atoms with Gasteiger partial charge in [0.05, 0.1) is 13.2 Å². The number of fused-ring (bicyclic) bond motifs is 1. The zero-order valence-electron chi connectivity index (χ0n) is 19.2. The van der Waals surface area contributed by atoms with Crippen molar-refractivity contribution in [1.82, 2.24) is 15.2 Å². The first-order valence-electron chi connectivity index (χ1n) is 11.7. The van der Waals surface area contributed by atoms with Gasteiger partial charge in [-0.25, -0.2) is 0 Å². The van der Waals surface area contributed by atoms with Gasteiger partial charge >= 0.3 is 0 Å². The summed E-state index contributed by atoms with van der Waals surface area (Å²) in [4.78, 5) is 18.4. The summed E-state index contributed by atoms with van der Waals surface area (Å²) < 4.78 is 6.42. The Hall–Kier alpha value is -2.25. The summed E-state index contributed by atoms with van der Waals surface area (Å²) in [5.74, 6) is 0. The lowest BCUT2D eigenvalue weighted by atomic mass is 10.00. The number of pyridine rings is 1. The van der Waals surface area contributed by atoms with Crippen LogP contribution in [0.25, 0.3) is 22.6 Å². The second-order valence-corrected chi connectivity index (χ2v) is 9.52. The van der Waals surface area contributed by atoms with E-state index in [1.54, 1.807) is 0 Å². The first-order valence-corrected chi connectivity index (χ1v) is 12.5. The summed E-state index contributed by atoms with van der Waals surface area (Å²) in [6.07, 6.45) is 5.57. The second kappa shape index (κ2) is 11.7. The van der Waals surface area contributed by atoms with Gasteiger partial charge in [-0.3, -0.25) is 9.69 Å². The van der Waals surface area contributed by atoms with Crippen molar-refractivity contribution < 1.29 is 4.74 Å². The summed E-state index contributed by atoms with van der Waals surface area (Å²) >= 11 is 3.53. The van der Waals surface area contributed by atoms with Gasteiger partial charge in [-0.2, -0.15) is 0 Å². The van der Waals surface area contributed by atoms with Gasteiger partial charge in [0.1, 0.15) is 0 Å². The Morgan fingerprint density at radius 2 is 2.00 bits per heavy atom. The SMILES string of the molecule is CNC/C(=C\c1cccc(CCCCN2CCOCC2)c1)c1cc2cc(Br)ccc2[nH]c1=O. The highest BCUT2D eigenvalue weighted by Gasteiger charge is 2.10. The van der Waals surface area contributed by atoms with Crippen LogP contribution in [0.4, 0.5) is 0 Å². The summed E-state index contributed by atoms with van der Waals surface area (Å²) in [6.45, 7) is 5.60. The number of aromatic nitrogens is 1. The molecule has 2 heterocycles. The van der Waals surface area contributed by atoms with Gasteiger partial charge in [0.15, 0.2) is 0 Å². The van der Waals surface area contributed by atoms with E-state index in [1.807, 2.05) is 31.3 Å². The molecule has 0 radical (unpaired) electrons. The molecule has 4 rings (SSSR count). The summed E-state index contributed by atoms with van der Waals surface area (Å²) in [5.41, 5.74) is 4.92. The number of morpholine rings is 1. The molecule has 2 aromatic carbocycles. The number of halogens is 1. The summed E-state index contributed by atoms with van der Waals surface area (Å²) in [5, 5.41) is 4.23. The Kier molecular flexibility index (Phi) is 8.51. The number of H-pyrrole nitrogens is 1. The first kappa shape index (κ1) is 23.9. The average Bonchev–Trinajstić information content (AvgIpc) is 2.82. The minimum absolute atomic E-state index is 0.0643. The molecule has 3 aromatic rings. The molecule has 2 N–H and O–H groups in total. The minimum Gasteiger partial charge on any atom is -0.379 e. The molecule has 174 valence electrons. The molecule has 0 atom stereocenters. The van der Waals surface area contributed by atoms with Crippen molar-refractivity contribution in [3.8, 4) is 0 Å². The van der Waals surface area contributed by atoms with Gasteiger partial charge in [0.2, 0.25) is 0 Å². The zero-order valence-corrected chi connectivity index (χ0v) is 20.8. The van der Waals surface area contributed by atoms with Crippen LogP contribution in [0.5, 0.6) is 0 Å². The van der Waals surface area contributed by atoms with E-state index in [1.165, 1.54) is 18.4 Å². The van der Waals surface area contributed by atoms with Crippen LogP contribution in [0.1, 0.15) is 29.5 Å². The van der Waals surface area contributed by atoms with Crippen molar-refractivity contribution in [3.05, 3.63) is 80.0 Å². The van der Waals surface area contributed by atoms with Gasteiger partial charge in [-0.05, 0) is 85.3 Å². The van der Waals surface area contributed by atoms with Crippen molar-refractivity contribution in [2.75, 3.05) is 46.4 Å². The number of nitrogens with one attached hydrogen (secondary N) is 2. The third kappa shape index (κ3) is 6.64. The smallest absolute Gasteiger partial charge is 0.256 e. The van der Waals surface area contributed by atoms with Gasteiger partial charge < -0.3 is 15.0 Å². The molecule has 0 bridgehead atoms. The van der Waals surface area contributed by atoms with Gasteiger partial charge in [-0.1, -0.05) is 40.2 Å². The van der Waals surface area contributed by atoms with Crippen LogP contribution in [-0.2, 0) is 11.2 Å². The largest absolute Gasteiger partial charge is 0.379 e. The number of unbranched alkanes of at least 4 members (excludes halogenated alkanes) is 1. The molecule has 0 spiro atoms. The molecule has 5 nitrogen and oxygen atoms in total. The average molecular weight is 510 g/mol. The molecule has 0 saturated carbocycles. The van der Waals surface area contributed by atoms with E-state index in [4.69, 9.17) is 4.74 Å². The van der Waals surface area contributed by atoms with E-state index in [9.17, 15) is 4.79 Å². The molecule has 1 aliphatic rings. The molecule has 1 saturated heterocycles. The van der Waals surface area contributed by atoms with Crippen LogP contribution in [0, 0.1) is 0 Å². The normalized spacial score (nSPS) is 15.3. The van der Waals surface area contributed by atoms with E-state index in [0.717, 1.165) is 65.8 Å². The Bertz CT molecular complexity index is 1170. The number of aryl methyl sites for hydroxylation is 1. The maximum atomic E-state index is 12.8. The highest BCUT2D eigenvalue weighted by atomic mass is 79.9. The molecule has 0 unspecified atom stereocenters. The number of ether oxygens (including phenoxy) is 1. The van der Waals surface area contributed by atoms with E-state index in [2.05, 4.69) is 61.5 Å². The van der Waals surface area contributed by atoms with Gasteiger partial charge in [0.25, 0.3) is 5.56 Å². The van der Waals surface area contributed by atoms with E-state index in [0.29, 0.717) is 12.1 Å². The van der Waals surface area contributed by atoms with E-state index in [-0.39, 0.29) is 5.56 Å². The van der Waals surface area contributed by atoms with Crippen LogP contribution >= 0.6 is 15.9 Å². The zero-order chi connectivity index (χ0) is 23.0. The second-order valence-electron chi connectivity index (χ2n) is 8.60. The molecule has 0 aliphatic carbocycles. The van der Waals surface area contributed by atoms with Crippen LogP contribution in [0.15, 0.2) is 57.8 Å². The molecule has 1 fully saturated rings. The maximum absolute atomic E-state index is 12.8. The molecule has 1 aliphatic heterocycles. The topological polar surface area (TPSA) is 57.4 Å². The minimum atomic E-state index is -0.0643. The van der Waals surface area contributed by atoms with Crippen molar-refractivity contribution in [3.63, 3.8) is 0 Å². The monoisotopic (exact) mass is 509 g/mol. The third-order valence-corrected chi connectivity index (χ3v) is 6.60. The maximum Gasteiger partial charge on any atom is 0.256 e. The summed E-state index contributed by atoms with van der Waals surface area (Å²) in [6, 6.07) is 16.5. The molecule has 0 amide bonds. The number of nitrogens with zero attached hydrogens (tertiary/aromatic N) is 1. The van der Waals surface area contributed by atoms with Gasteiger partial charge in [0, 0.05) is 35.2 Å². The number of hydrogen-bond acceptors (Lipinski definition) is 4. The number of aromatic amines is 1. The number of rotatable bonds is 9. The fraction of sp³-hybridized carbons (Fsp3) is 0.370.